The molecule has 0 saturated heterocycles. The zero-order chi connectivity index (χ0) is 95.0. The molecule has 0 amide bonds. The highest BCUT2D eigenvalue weighted by Crippen LogP contribution is 2.45. The van der Waals surface area contributed by atoms with E-state index in [4.69, 9.17) is 32.3 Å². The molecular weight excluding hydrogens is 1680 g/mol. The van der Waals surface area contributed by atoms with Gasteiger partial charge in [0.2, 0.25) is 0 Å². The number of allylic oxidation sites excluding steroid dienone is 34. The Morgan fingerprint density at radius 2 is 0.382 bits per heavy atom. The van der Waals surface area contributed by atoms with Crippen molar-refractivity contribution in [2.45, 2.75) is 450 Å². The van der Waals surface area contributed by atoms with Gasteiger partial charge >= 0.3 is 33.6 Å². The highest BCUT2D eigenvalue weighted by molar-refractivity contribution is 7.47. The van der Waals surface area contributed by atoms with Crippen LogP contribution in [0.15, 0.2) is 207 Å². The Hall–Kier alpha value is -5.87. The highest BCUT2D eigenvalue weighted by Gasteiger charge is 2.30. The summed E-state index contributed by atoms with van der Waals surface area (Å²) in [6, 6.07) is 0. The number of aliphatic hydroxyl groups is 2. The smallest absolute Gasteiger partial charge is 0.463 e. The molecule has 131 heavy (non-hydrogen) atoms. The van der Waals surface area contributed by atoms with Gasteiger partial charge in [-0.1, -0.05) is 452 Å². The van der Waals surface area contributed by atoms with Crippen LogP contribution in [0.5, 0.6) is 0 Å². The van der Waals surface area contributed by atoms with Gasteiger partial charge in [0.05, 0.1) is 26.4 Å². The SMILES string of the molecule is CC/C=C\C/C=C\C/C=C\C/C=C\C/C=C\C/C=C\CCCCCCCCCCCCCCCCCCC(=O)OCC(O)COP(=O)(O)OCC(O)COP(=O)(O)OCC(COC(=O)CCCCCCCCCCCCCCCC/C=C\C/C=C\C/C=C\C/C=C\C/C=C\C/C=C\CC)OC(=O)CCCCCCCCCCCCC/C=C\C/C=C\C/C=C\C/C=C\C/C=C\CC. The number of phosphoric acid groups is 2. The van der Waals surface area contributed by atoms with Crippen LogP contribution in [-0.2, 0) is 55.8 Å². The summed E-state index contributed by atoms with van der Waals surface area (Å²) in [5.41, 5.74) is 0. The summed E-state index contributed by atoms with van der Waals surface area (Å²) in [6.45, 7) is 2.40. The summed E-state index contributed by atoms with van der Waals surface area (Å²) in [6.07, 6.45) is 140. The van der Waals surface area contributed by atoms with Crippen molar-refractivity contribution in [3.05, 3.63) is 207 Å². The topological polar surface area (TPSA) is 231 Å². The predicted octanol–water partition coefficient (Wildman–Crippen LogP) is 33.5. The van der Waals surface area contributed by atoms with E-state index < -0.39 is 91.5 Å². The zero-order valence-corrected chi connectivity index (χ0v) is 84.7. The molecule has 0 radical (unpaired) electrons. The average molecular weight is 1870 g/mol. The minimum atomic E-state index is -4.95. The van der Waals surface area contributed by atoms with E-state index in [9.17, 15) is 43.5 Å². The number of hydrogen-bond acceptors (Lipinski definition) is 14. The summed E-state index contributed by atoms with van der Waals surface area (Å²) in [4.78, 5) is 59.3. The molecule has 0 aliphatic heterocycles. The van der Waals surface area contributed by atoms with E-state index in [1.54, 1.807) is 0 Å². The lowest BCUT2D eigenvalue weighted by molar-refractivity contribution is -0.161. The molecule has 0 aliphatic rings. The molecule has 0 aliphatic carbocycles. The van der Waals surface area contributed by atoms with Gasteiger partial charge in [-0.3, -0.25) is 32.5 Å². The molecule has 5 unspecified atom stereocenters. The molecular formula is C113H190O16P2. The van der Waals surface area contributed by atoms with Crippen molar-refractivity contribution in [2.75, 3.05) is 39.6 Å². The quantitative estimate of drug-likeness (QED) is 0.0146. The van der Waals surface area contributed by atoms with Gasteiger partial charge < -0.3 is 34.2 Å². The van der Waals surface area contributed by atoms with E-state index in [0.29, 0.717) is 19.3 Å². The van der Waals surface area contributed by atoms with Crippen LogP contribution in [0.2, 0.25) is 0 Å². The molecule has 0 spiro atoms. The first-order valence-corrected chi connectivity index (χ1v) is 55.4. The standard InChI is InChI=1S/C113H190O16P2/c1-4-7-10-13-16-19-22-25-28-31-34-37-40-43-46-48-50-52-53-55-57-58-61-63-66-69-72-75-78-81-84-87-90-93-96-99-111(116)123-102-108(114)103-125-130(119,120)126-104-109(115)105-127-131(121,122)128-107-110(129-113(118)101-98-95-92-89-86-83-80-77-74-71-68-65-60-45-42-39-36-33-30-27-24-21-18-15-12-9-6-3)106-124-112(117)100-97-94-91-88-85-82-79-76-73-70-67-64-62-59-56-54-51-49-47-44-41-38-35-32-29-26-23-20-17-14-11-8-5-2/h7-12,16-21,25-30,34-39,43-47,50-52,54,60,108-110,114-115H,4-6,13-15,22-24,31-33,40-42,48-49,53,55-59,61-107H2,1-3H3,(H,119,120)(H,121,122)/b10-7-,11-8-,12-9-,19-16-,20-17-,21-18-,28-25-,29-26-,30-27-,37-34-,38-35-,39-36-,46-43-,47-44-,52-50-,54-51-,60-45-. The van der Waals surface area contributed by atoms with Gasteiger partial charge in [-0.15, -0.1) is 0 Å². The second-order valence-electron chi connectivity index (χ2n) is 34.6. The van der Waals surface area contributed by atoms with Crippen LogP contribution in [0.4, 0.5) is 0 Å². The largest absolute Gasteiger partial charge is 0.472 e. The lowest BCUT2D eigenvalue weighted by atomic mass is 10.0. The van der Waals surface area contributed by atoms with Crippen molar-refractivity contribution >= 4 is 33.6 Å². The Kier molecular flexibility index (Phi) is 98.4. The molecule has 16 nitrogen and oxygen atoms in total. The van der Waals surface area contributed by atoms with E-state index in [-0.39, 0.29) is 19.3 Å². The summed E-state index contributed by atoms with van der Waals surface area (Å²) >= 11 is 0. The lowest BCUT2D eigenvalue weighted by Crippen LogP contribution is -2.30. The Labute approximate surface area is 800 Å². The minimum absolute atomic E-state index is 0.0958. The van der Waals surface area contributed by atoms with Crippen molar-refractivity contribution < 1.29 is 75.8 Å². The van der Waals surface area contributed by atoms with Crippen LogP contribution in [0.3, 0.4) is 0 Å². The van der Waals surface area contributed by atoms with Crippen molar-refractivity contribution in [1.29, 1.82) is 0 Å². The normalized spacial score (nSPS) is 14.5. The van der Waals surface area contributed by atoms with Crippen molar-refractivity contribution in [1.82, 2.24) is 0 Å². The second-order valence-corrected chi connectivity index (χ2v) is 37.5. The minimum Gasteiger partial charge on any atom is -0.463 e. The fourth-order valence-corrected chi connectivity index (χ4v) is 15.8. The van der Waals surface area contributed by atoms with Crippen molar-refractivity contribution in [2.24, 2.45) is 0 Å². The Morgan fingerprint density at radius 1 is 0.214 bits per heavy atom. The zero-order valence-electron chi connectivity index (χ0n) is 82.9. The van der Waals surface area contributed by atoms with Gasteiger partial charge in [0.15, 0.2) is 6.10 Å². The van der Waals surface area contributed by atoms with Crippen LogP contribution < -0.4 is 0 Å². The third-order valence-electron chi connectivity index (χ3n) is 22.0. The number of rotatable bonds is 98. The van der Waals surface area contributed by atoms with Gasteiger partial charge in [0.25, 0.3) is 0 Å². The van der Waals surface area contributed by atoms with E-state index >= 15 is 0 Å². The van der Waals surface area contributed by atoms with Crippen LogP contribution in [0.25, 0.3) is 0 Å². The van der Waals surface area contributed by atoms with Crippen LogP contribution in [0, 0.1) is 0 Å². The van der Waals surface area contributed by atoms with Gasteiger partial charge in [0, 0.05) is 19.3 Å². The first-order valence-electron chi connectivity index (χ1n) is 52.4. The van der Waals surface area contributed by atoms with Gasteiger partial charge in [0.1, 0.15) is 25.4 Å². The summed E-state index contributed by atoms with van der Waals surface area (Å²) in [5.74, 6) is -1.57. The van der Waals surface area contributed by atoms with Gasteiger partial charge in [-0.2, -0.15) is 0 Å². The van der Waals surface area contributed by atoms with E-state index in [0.717, 1.165) is 193 Å². The maximum absolute atomic E-state index is 13.1. The molecule has 748 valence electrons. The Balaban J connectivity index is 4.60. The number of hydrogen-bond donors (Lipinski definition) is 4. The maximum Gasteiger partial charge on any atom is 0.472 e. The number of esters is 3. The first-order chi connectivity index (χ1) is 64.2. The molecule has 0 rings (SSSR count). The van der Waals surface area contributed by atoms with Crippen molar-refractivity contribution in [3.8, 4) is 0 Å². The second kappa shape index (κ2) is 103. The number of carbonyl (C=O) groups is 3. The lowest BCUT2D eigenvalue weighted by Gasteiger charge is -2.21. The molecule has 0 heterocycles. The number of aliphatic hydroxyl groups excluding tert-OH is 2. The van der Waals surface area contributed by atoms with Crippen LogP contribution in [0.1, 0.15) is 432 Å². The van der Waals surface area contributed by atoms with Crippen LogP contribution >= 0.6 is 15.6 Å². The number of unbranched alkanes of at least 4 members (excludes halogenated alkanes) is 41. The number of ether oxygens (including phenoxy) is 3. The molecule has 0 bridgehead atoms. The van der Waals surface area contributed by atoms with Crippen molar-refractivity contribution in [3.63, 3.8) is 0 Å². The molecule has 5 atom stereocenters. The molecule has 0 fully saturated rings. The average Bonchev–Trinajstić information content (AvgIpc) is 0.885. The van der Waals surface area contributed by atoms with E-state index in [1.165, 1.54) is 180 Å². The van der Waals surface area contributed by atoms with E-state index in [2.05, 4.69) is 227 Å². The molecule has 18 heteroatoms. The Bertz CT molecular complexity index is 3210. The van der Waals surface area contributed by atoms with Gasteiger partial charge in [-0.05, 0) is 167 Å². The monoisotopic (exact) mass is 1870 g/mol. The third-order valence-corrected chi connectivity index (χ3v) is 23.9. The number of carbonyl (C=O) groups excluding carboxylic acids is 3. The summed E-state index contributed by atoms with van der Waals surface area (Å²) < 4.78 is 61.7. The molecule has 0 aromatic carbocycles. The Morgan fingerprint density at radius 3 is 0.603 bits per heavy atom. The molecule has 0 aromatic heterocycles. The fraction of sp³-hybridized carbons (Fsp3) is 0.673. The van der Waals surface area contributed by atoms with Gasteiger partial charge in [-0.25, -0.2) is 9.13 Å². The first kappa shape index (κ1) is 125. The summed E-state index contributed by atoms with van der Waals surface area (Å²) in [5, 5.41) is 20.8. The highest BCUT2D eigenvalue weighted by atomic mass is 31.2. The molecule has 4 N–H and O–H groups in total. The maximum atomic E-state index is 13.1. The molecule has 0 saturated carbocycles. The molecule has 0 aromatic rings. The third kappa shape index (κ3) is 104. The van der Waals surface area contributed by atoms with Crippen LogP contribution in [-0.4, -0.2) is 95.9 Å². The number of phosphoric ester groups is 2. The summed E-state index contributed by atoms with van der Waals surface area (Å²) in [7, 11) is -9.83. The fourth-order valence-electron chi connectivity index (χ4n) is 14.2. The predicted molar refractivity (Wildman–Crippen MR) is 555 cm³/mol. The van der Waals surface area contributed by atoms with E-state index in [1.807, 2.05) is 0 Å².